The van der Waals surface area contributed by atoms with Crippen molar-refractivity contribution in [3.8, 4) is 0 Å². The van der Waals surface area contributed by atoms with Crippen molar-refractivity contribution in [3.05, 3.63) is 53.7 Å². The number of anilines is 1. The fourth-order valence-electron chi connectivity index (χ4n) is 2.44. The Morgan fingerprint density at radius 1 is 1.13 bits per heavy atom. The zero-order chi connectivity index (χ0) is 16.0. The van der Waals surface area contributed by atoms with Gasteiger partial charge in [-0.3, -0.25) is 4.72 Å². The molecule has 23 heavy (non-hydrogen) atoms. The molecule has 2 N–H and O–H groups in total. The van der Waals surface area contributed by atoms with Crippen LogP contribution in [-0.2, 0) is 10.0 Å². The molecule has 0 aliphatic heterocycles. The van der Waals surface area contributed by atoms with Gasteiger partial charge >= 0.3 is 0 Å². The summed E-state index contributed by atoms with van der Waals surface area (Å²) in [5.41, 5.74) is 1.15. The summed E-state index contributed by atoms with van der Waals surface area (Å²) in [5.74, 6) is 0.156. The first-order valence-electron chi connectivity index (χ1n) is 6.68. The Labute approximate surface area is 136 Å². The van der Waals surface area contributed by atoms with E-state index in [9.17, 15) is 8.42 Å². The van der Waals surface area contributed by atoms with E-state index in [2.05, 4.69) is 14.9 Å². The van der Waals surface area contributed by atoms with Crippen molar-refractivity contribution >= 4 is 49.3 Å². The number of aromatic nitrogens is 2. The van der Waals surface area contributed by atoms with Gasteiger partial charge in [0.15, 0.2) is 11.4 Å². The monoisotopic (exact) mass is 347 g/mol. The Kier molecular flexibility index (Phi) is 3.07. The molecule has 0 saturated carbocycles. The summed E-state index contributed by atoms with van der Waals surface area (Å²) in [6.45, 7) is 0. The number of para-hydroxylation sites is 1. The average molecular weight is 348 g/mol. The quantitative estimate of drug-likeness (QED) is 0.590. The van der Waals surface area contributed by atoms with Crippen molar-refractivity contribution < 1.29 is 12.9 Å². The molecule has 0 unspecified atom stereocenters. The van der Waals surface area contributed by atoms with Crippen molar-refractivity contribution in [3.63, 3.8) is 0 Å². The minimum absolute atomic E-state index is 0.122. The topological polar surface area (TPSA) is 88.0 Å². The lowest BCUT2D eigenvalue weighted by Gasteiger charge is -2.04. The lowest BCUT2D eigenvalue weighted by molar-refractivity contribution is 0.460. The maximum absolute atomic E-state index is 12.7. The standard InChI is InChI=1S/C15H10ClN3O3S/c16-9-5-6-10-12(7-9)17-8-14(10)23(20,21)19-15-11-3-1-2-4-13(11)22-18-15/h1-8,17H,(H,18,19). The summed E-state index contributed by atoms with van der Waals surface area (Å²) in [4.78, 5) is 3.03. The average Bonchev–Trinajstić information content (AvgIpc) is 3.11. The Bertz CT molecular complexity index is 1130. The number of benzene rings is 2. The molecule has 0 aliphatic carbocycles. The lowest BCUT2D eigenvalue weighted by atomic mass is 10.2. The molecule has 4 aromatic rings. The van der Waals surface area contributed by atoms with Crippen LogP contribution in [-0.4, -0.2) is 18.6 Å². The molecule has 0 atom stereocenters. The third-order valence-corrected chi connectivity index (χ3v) is 5.12. The SMILES string of the molecule is O=S(=O)(Nc1noc2ccccc12)c1c[nH]c2cc(Cl)ccc12. The number of rotatable bonds is 3. The van der Waals surface area contributed by atoms with Crippen molar-refractivity contribution in [2.45, 2.75) is 4.90 Å². The van der Waals surface area contributed by atoms with E-state index in [1.165, 1.54) is 6.20 Å². The van der Waals surface area contributed by atoms with E-state index in [0.717, 1.165) is 0 Å². The normalized spacial score (nSPS) is 12.0. The molecule has 0 spiro atoms. The molecule has 0 saturated heterocycles. The van der Waals surface area contributed by atoms with Gasteiger partial charge in [0, 0.05) is 22.1 Å². The van der Waals surface area contributed by atoms with E-state index in [-0.39, 0.29) is 10.7 Å². The predicted molar refractivity (Wildman–Crippen MR) is 88.1 cm³/mol. The number of nitrogens with zero attached hydrogens (tertiary/aromatic N) is 1. The van der Waals surface area contributed by atoms with Crippen LogP contribution < -0.4 is 4.72 Å². The summed E-state index contributed by atoms with van der Waals surface area (Å²) < 4.78 is 32.9. The smallest absolute Gasteiger partial charge is 0.265 e. The molecule has 0 fully saturated rings. The van der Waals surface area contributed by atoms with Crippen molar-refractivity contribution in [2.75, 3.05) is 4.72 Å². The number of aromatic amines is 1. The second-order valence-corrected chi connectivity index (χ2v) is 7.06. The molecule has 2 aromatic carbocycles. The third-order valence-electron chi connectivity index (χ3n) is 3.50. The molecule has 6 nitrogen and oxygen atoms in total. The van der Waals surface area contributed by atoms with Crippen LogP contribution in [0, 0.1) is 0 Å². The summed E-state index contributed by atoms with van der Waals surface area (Å²) in [5, 5.41) is 5.46. The van der Waals surface area contributed by atoms with E-state index in [1.54, 1.807) is 42.5 Å². The maximum atomic E-state index is 12.7. The minimum atomic E-state index is -3.82. The summed E-state index contributed by atoms with van der Waals surface area (Å²) in [6.07, 6.45) is 1.42. The zero-order valence-electron chi connectivity index (χ0n) is 11.6. The van der Waals surface area contributed by atoms with Crippen molar-refractivity contribution in [1.82, 2.24) is 10.1 Å². The highest BCUT2D eigenvalue weighted by Gasteiger charge is 2.22. The van der Waals surface area contributed by atoms with Crippen molar-refractivity contribution in [2.24, 2.45) is 0 Å². The molecular weight excluding hydrogens is 338 g/mol. The number of H-pyrrole nitrogens is 1. The van der Waals surface area contributed by atoms with Crippen LogP contribution in [0.2, 0.25) is 5.02 Å². The number of halogens is 1. The molecule has 0 bridgehead atoms. The maximum Gasteiger partial charge on any atom is 0.265 e. The number of fused-ring (bicyclic) bond motifs is 2. The van der Waals surface area contributed by atoms with Crippen LogP contribution in [0.25, 0.3) is 21.9 Å². The Balaban J connectivity index is 1.80. The van der Waals surface area contributed by atoms with Gasteiger partial charge in [-0.05, 0) is 30.3 Å². The fourth-order valence-corrected chi connectivity index (χ4v) is 3.80. The van der Waals surface area contributed by atoms with Gasteiger partial charge in [0.1, 0.15) is 4.90 Å². The van der Waals surface area contributed by atoms with Gasteiger partial charge in [-0.15, -0.1) is 0 Å². The van der Waals surface area contributed by atoms with Crippen molar-refractivity contribution in [1.29, 1.82) is 0 Å². The summed E-state index contributed by atoms with van der Waals surface area (Å²) in [7, 11) is -3.82. The van der Waals surface area contributed by atoms with E-state index in [4.69, 9.17) is 16.1 Å². The van der Waals surface area contributed by atoms with Gasteiger partial charge in [-0.25, -0.2) is 8.42 Å². The number of hydrogen-bond acceptors (Lipinski definition) is 4. The molecule has 0 radical (unpaired) electrons. The first kappa shape index (κ1) is 14.1. The highest BCUT2D eigenvalue weighted by Crippen LogP contribution is 2.29. The molecule has 0 amide bonds. The second kappa shape index (κ2) is 5.00. The van der Waals surface area contributed by atoms with Gasteiger partial charge in [-0.1, -0.05) is 28.9 Å². The molecule has 116 valence electrons. The third kappa shape index (κ3) is 2.34. The van der Waals surface area contributed by atoms with Crippen LogP contribution in [0.4, 0.5) is 5.82 Å². The van der Waals surface area contributed by atoms with Gasteiger partial charge in [0.05, 0.1) is 5.39 Å². The molecular formula is C15H10ClN3O3S. The van der Waals surface area contributed by atoms with E-state index in [0.29, 0.717) is 26.9 Å². The van der Waals surface area contributed by atoms with E-state index < -0.39 is 10.0 Å². The van der Waals surface area contributed by atoms with Crippen LogP contribution in [0.3, 0.4) is 0 Å². The molecule has 0 aliphatic rings. The predicted octanol–water partition coefficient (Wildman–Crippen LogP) is 3.76. The summed E-state index contributed by atoms with van der Waals surface area (Å²) >= 11 is 5.92. The molecule has 8 heteroatoms. The molecule has 2 heterocycles. The lowest BCUT2D eigenvalue weighted by Crippen LogP contribution is -2.12. The number of sulfonamides is 1. The number of hydrogen-bond donors (Lipinski definition) is 2. The minimum Gasteiger partial charge on any atom is -0.360 e. The zero-order valence-corrected chi connectivity index (χ0v) is 13.1. The van der Waals surface area contributed by atoms with E-state index in [1.807, 2.05) is 0 Å². The first-order valence-corrected chi connectivity index (χ1v) is 8.54. The van der Waals surface area contributed by atoms with Gasteiger partial charge in [0.2, 0.25) is 0 Å². The van der Waals surface area contributed by atoms with Crippen LogP contribution >= 0.6 is 11.6 Å². The fraction of sp³-hybridized carbons (Fsp3) is 0. The second-order valence-electron chi connectivity index (χ2n) is 4.98. The van der Waals surface area contributed by atoms with Gasteiger partial charge < -0.3 is 9.51 Å². The van der Waals surface area contributed by atoms with E-state index >= 15 is 0 Å². The summed E-state index contributed by atoms with van der Waals surface area (Å²) in [6, 6.07) is 12.0. The van der Waals surface area contributed by atoms with Gasteiger partial charge in [-0.2, -0.15) is 0 Å². The Hall–Kier alpha value is -2.51. The van der Waals surface area contributed by atoms with Crippen LogP contribution in [0.5, 0.6) is 0 Å². The Morgan fingerprint density at radius 3 is 2.83 bits per heavy atom. The highest BCUT2D eigenvalue weighted by atomic mass is 35.5. The molecule has 2 aromatic heterocycles. The molecule has 4 rings (SSSR count). The first-order chi connectivity index (χ1) is 11.0. The van der Waals surface area contributed by atoms with Crippen LogP contribution in [0.1, 0.15) is 0 Å². The van der Waals surface area contributed by atoms with Crippen LogP contribution in [0.15, 0.2) is 58.1 Å². The van der Waals surface area contributed by atoms with Gasteiger partial charge in [0.25, 0.3) is 10.0 Å². The largest absolute Gasteiger partial charge is 0.360 e. The number of nitrogens with one attached hydrogen (secondary N) is 2. The Morgan fingerprint density at radius 2 is 1.96 bits per heavy atom. The highest BCUT2D eigenvalue weighted by molar-refractivity contribution is 7.93.